The molecule has 2 heterocycles. The molecule has 6 nitrogen and oxygen atoms in total. The summed E-state index contributed by atoms with van der Waals surface area (Å²) in [5.41, 5.74) is 6.56. The van der Waals surface area contributed by atoms with Crippen molar-refractivity contribution in [2.24, 2.45) is 11.7 Å². The van der Waals surface area contributed by atoms with E-state index in [1.165, 1.54) is 6.26 Å². The molecule has 0 aromatic carbocycles. The second kappa shape index (κ2) is 6.69. The maximum absolute atomic E-state index is 11.6. The normalized spacial score (nSPS) is 21.2. The molecule has 1 aromatic rings. The number of nitrogens with zero attached hydrogens (tertiary/aromatic N) is 3. The summed E-state index contributed by atoms with van der Waals surface area (Å²) in [5.74, 6) is 0.443. The van der Waals surface area contributed by atoms with E-state index in [0.29, 0.717) is 25.6 Å². The second-order valence-corrected chi connectivity index (χ2v) is 7.51. The molecule has 1 unspecified atom stereocenters. The van der Waals surface area contributed by atoms with E-state index >= 15 is 0 Å². The van der Waals surface area contributed by atoms with Crippen molar-refractivity contribution in [3.05, 3.63) is 18.0 Å². The molecule has 1 aromatic heterocycles. The topological polar surface area (TPSA) is 81.2 Å². The summed E-state index contributed by atoms with van der Waals surface area (Å²) >= 11 is 0. The predicted molar refractivity (Wildman–Crippen MR) is 78.7 cm³/mol. The van der Waals surface area contributed by atoms with E-state index in [2.05, 4.69) is 5.10 Å². The van der Waals surface area contributed by atoms with Crippen LogP contribution in [0.3, 0.4) is 0 Å². The van der Waals surface area contributed by atoms with E-state index in [0.717, 1.165) is 37.9 Å². The zero-order valence-electron chi connectivity index (χ0n) is 12.0. The number of piperidine rings is 1. The van der Waals surface area contributed by atoms with Crippen LogP contribution >= 0.6 is 0 Å². The minimum atomic E-state index is -3.05. The molecule has 0 aliphatic carbocycles. The number of nitrogens with two attached hydrogens (primary N) is 1. The van der Waals surface area contributed by atoms with Gasteiger partial charge in [-0.05, 0) is 37.7 Å². The number of aromatic nitrogens is 2. The fourth-order valence-electron chi connectivity index (χ4n) is 2.71. The van der Waals surface area contributed by atoms with Crippen LogP contribution in [0.25, 0.3) is 0 Å². The van der Waals surface area contributed by atoms with Crippen LogP contribution in [0.5, 0.6) is 0 Å². The number of aryl methyl sites for hydroxylation is 1. The smallest absolute Gasteiger partial charge is 0.211 e. The first kappa shape index (κ1) is 15.5. The molecule has 1 aliphatic heterocycles. The Labute approximate surface area is 121 Å². The molecule has 114 valence electrons. The molecule has 2 rings (SSSR count). The van der Waals surface area contributed by atoms with Crippen LogP contribution in [-0.4, -0.2) is 48.4 Å². The predicted octanol–water partition coefficient (Wildman–Crippen LogP) is 0.446. The van der Waals surface area contributed by atoms with Crippen LogP contribution in [0.2, 0.25) is 0 Å². The Morgan fingerprint density at radius 1 is 1.50 bits per heavy atom. The van der Waals surface area contributed by atoms with Crippen molar-refractivity contribution in [2.75, 3.05) is 25.9 Å². The molecule has 0 bridgehead atoms. The largest absolute Gasteiger partial charge is 0.329 e. The van der Waals surface area contributed by atoms with Crippen LogP contribution in [0.15, 0.2) is 12.3 Å². The molecule has 1 atom stereocenters. The third-order valence-corrected chi connectivity index (χ3v) is 5.08. The van der Waals surface area contributed by atoms with Crippen molar-refractivity contribution in [2.45, 2.75) is 32.2 Å². The number of rotatable bonds is 6. The van der Waals surface area contributed by atoms with Gasteiger partial charge < -0.3 is 5.73 Å². The first-order chi connectivity index (χ1) is 9.49. The average molecular weight is 300 g/mol. The summed E-state index contributed by atoms with van der Waals surface area (Å²) in [4.78, 5) is 0. The molecular weight excluding hydrogens is 276 g/mol. The Morgan fingerprint density at radius 3 is 3.00 bits per heavy atom. The van der Waals surface area contributed by atoms with E-state index in [-0.39, 0.29) is 0 Å². The zero-order chi connectivity index (χ0) is 14.6. The molecular formula is C13H24N4O2S. The number of hydrogen-bond acceptors (Lipinski definition) is 4. The maximum atomic E-state index is 11.6. The Morgan fingerprint density at radius 2 is 2.30 bits per heavy atom. The highest BCUT2D eigenvalue weighted by atomic mass is 32.2. The number of hydrogen-bond donors (Lipinski definition) is 1. The van der Waals surface area contributed by atoms with Gasteiger partial charge in [0, 0.05) is 25.8 Å². The summed E-state index contributed by atoms with van der Waals surface area (Å²) in [6, 6.07) is 2.02. The monoisotopic (exact) mass is 300 g/mol. The van der Waals surface area contributed by atoms with Gasteiger partial charge in [-0.3, -0.25) is 4.68 Å². The zero-order valence-corrected chi connectivity index (χ0v) is 12.8. The first-order valence-electron chi connectivity index (χ1n) is 7.16. The van der Waals surface area contributed by atoms with Gasteiger partial charge in [-0.1, -0.05) is 0 Å². The van der Waals surface area contributed by atoms with Gasteiger partial charge >= 0.3 is 0 Å². The fourth-order valence-corrected chi connectivity index (χ4v) is 3.65. The van der Waals surface area contributed by atoms with Crippen LogP contribution in [0.1, 0.15) is 25.0 Å². The molecule has 0 radical (unpaired) electrons. The Kier molecular flexibility index (Phi) is 5.17. The highest BCUT2D eigenvalue weighted by molar-refractivity contribution is 7.88. The fraction of sp³-hybridized carbons (Fsp3) is 0.769. The minimum Gasteiger partial charge on any atom is -0.329 e. The molecule has 0 saturated carbocycles. The van der Waals surface area contributed by atoms with E-state index in [1.54, 1.807) is 4.31 Å². The number of sulfonamides is 1. The second-order valence-electron chi connectivity index (χ2n) is 5.53. The molecule has 1 aliphatic rings. The summed E-state index contributed by atoms with van der Waals surface area (Å²) in [7, 11) is -3.05. The van der Waals surface area contributed by atoms with Crippen molar-refractivity contribution in [1.82, 2.24) is 14.1 Å². The lowest BCUT2D eigenvalue weighted by Crippen LogP contribution is -2.39. The van der Waals surface area contributed by atoms with Crippen molar-refractivity contribution in [1.29, 1.82) is 0 Å². The third kappa shape index (κ3) is 4.29. The van der Waals surface area contributed by atoms with E-state index in [1.807, 2.05) is 16.9 Å². The van der Waals surface area contributed by atoms with Gasteiger partial charge in [0.2, 0.25) is 10.0 Å². The van der Waals surface area contributed by atoms with Gasteiger partial charge in [0.25, 0.3) is 0 Å². The van der Waals surface area contributed by atoms with Crippen LogP contribution in [0.4, 0.5) is 0 Å². The van der Waals surface area contributed by atoms with Crippen molar-refractivity contribution >= 4 is 10.0 Å². The molecule has 1 fully saturated rings. The van der Waals surface area contributed by atoms with E-state index < -0.39 is 10.0 Å². The van der Waals surface area contributed by atoms with Crippen LogP contribution in [0, 0.1) is 5.92 Å². The SMILES string of the molecule is CS(=O)(=O)N1CCCC(CCc2ccn(CCN)n2)C1. The van der Waals surface area contributed by atoms with Gasteiger partial charge in [-0.15, -0.1) is 0 Å². The first-order valence-corrected chi connectivity index (χ1v) is 9.01. The lowest BCUT2D eigenvalue weighted by atomic mass is 9.94. The Bertz CT molecular complexity index is 526. The van der Waals surface area contributed by atoms with Crippen molar-refractivity contribution < 1.29 is 8.42 Å². The molecule has 0 spiro atoms. The van der Waals surface area contributed by atoms with Crippen LogP contribution < -0.4 is 5.73 Å². The Hall–Kier alpha value is -0.920. The standard InChI is InChI=1S/C13H24N4O2S/c1-20(18,19)17-8-2-3-12(11-17)4-5-13-6-9-16(15-13)10-7-14/h6,9,12H,2-5,7-8,10-11,14H2,1H3. The summed E-state index contributed by atoms with van der Waals surface area (Å²) < 4.78 is 26.6. The highest BCUT2D eigenvalue weighted by Gasteiger charge is 2.25. The summed E-state index contributed by atoms with van der Waals surface area (Å²) in [6.45, 7) is 2.65. The van der Waals surface area contributed by atoms with E-state index in [4.69, 9.17) is 5.73 Å². The van der Waals surface area contributed by atoms with Gasteiger partial charge in [0.05, 0.1) is 18.5 Å². The van der Waals surface area contributed by atoms with Crippen LogP contribution in [-0.2, 0) is 23.0 Å². The highest BCUT2D eigenvalue weighted by Crippen LogP contribution is 2.22. The summed E-state index contributed by atoms with van der Waals surface area (Å²) in [6.07, 6.45) is 7.20. The maximum Gasteiger partial charge on any atom is 0.211 e. The summed E-state index contributed by atoms with van der Waals surface area (Å²) in [5, 5.41) is 4.46. The van der Waals surface area contributed by atoms with Gasteiger partial charge in [-0.25, -0.2) is 12.7 Å². The molecule has 0 amide bonds. The third-order valence-electron chi connectivity index (χ3n) is 3.81. The molecule has 20 heavy (non-hydrogen) atoms. The Balaban J connectivity index is 1.84. The minimum absolute atomic E-state index is 0.443. The molecule has 1 saturated heterocycles. The van der Waals surface area contributed by atoms with Gasteiger partial charge in [0.1, 0.15) is 0 Å². The van der Waals surface area contributed by atoms with E-state index in [9.17, 15) is 8.42 Å². The quantitative estimate of drug-likeness (QED) is 0.827. The van der Waals surface area contributed by atoms with Crippen molar-refractivity contribution in [3.8, 4) is 0 Å². The lowest BCUT2D eigenvalue weighted by Gasteiger charge is -2.30. The lowest BCUT2D eigenvalue weighted by molar-refractivity contribution is 0.257. The van der Waals surface area contributed by atoms with Gasteiger partial charge in [0.15, 0.2) is 0 Å². The molecule has 2 N–H and O–H groups in total. The van der Waals surface area contributed by atoms with Crippen molar-refractivity contribution in [3.63, 3.8) is 0 Å². The molecule has 7 heteroatoms. The average Bonchev–Trinajstić information content (AvgIpc) is 2.84. The van der Waals surface area contributed by atoms with Gasteiger partial charge in [-0.2, -0.15) is 5.10 Å².